The first-order chi connectivity index (χ1) is 7.27. The predicted octanol–water partition coefficient (Wildman–Crippen LogP) is 2.34. The van der Waals surface area contributed by atoms with Crippen LogP contribution in [-0.2, 0) is 10.0 Å². The third-order valence-electron chi connectivity index (χ3n) is 1.82. The van der Waals surface area contributed by atoms with Gasteiger partial charge in [-0.05, 0) is 41.9 Å². The Balaban J connectivity index is 2.79. The van der Waals surface area contributed by atoms with E-state index in [4.69, 9.17) is 5.26 Å². The molecule has 1 rings (SSSR count). The minimum atomic E-state index is -3.50. The van der Waals surface area contributed by atoms with Crippen molar-refractivity contribution in [3.8, 4) is 6.07 Å². The van der Waals surface area contributed by atoms with Gasteiger partial charge in [-0.25, -0.2) is 13.1 Å². The van der Waals surface area contributed by atoms with Gasteiger partial charge in [-0.2, -0.15) is 5.26 Å². The van der Waals surface area contributed by atoms with Crippen LogP contribution in [0, 0.1) is 16.7 Å². The molecule has 0 radical (unpaired) electrons. The van der Waals surface area contributed by atoms with Crippen LogP contribution in [0.4, 0.5) is 0 Å². The molecule has 0 fully saturated rings. The molecule has 7 heteroatoms. The van der Waals surface area contributed by atoms with Gasteiger partial charge in [0.15, 0.2) is 0 Å². The lowest BCUT2D eigenvalue weighted by molar-refractivity contribution is 0.479. The molecule has 0 aliphatic heterocycles. The number of halogens is 1. The third kappa shape index (κ3) is 3.56. The van der Waals surface area contributed by atoms with Gasteiger partial charge in [-0.1, -0.05) is 0 Å². The van der Waals surface area contributed by atoms with Crippen molar-refractivity contribution >= 4 is 37.3 Å². The molecule has 16 heavy (non-hydrogen) atoms. The van der Waals surface area contributed by atoms with Gasteiger partial charge in [0.05, 0.1) is 15.3 Å². The van der Waals surface area contributed by atoms with Crippen LogP contribution in [-0.4, -0.2) is 15.0 Å². The standard InChI is InChI=1S/C9H11BrN2O2S2/c1-9(2,5-11)6-12-16(13,14)8-4-3-7(10)15-8/h3-4,12H,6H2,1-2H3. The largest absolute Gasteiger partial charge is 0.250 e. The highest BCUT2D eigenvalue weighted by atomic mass is 79.9. The Hall–Kier alpha value is -0.420. The number of thiophene rings is 1. The second-order valence-electron chi connectivity index (χ2n) is 3.88. The Morgan fingerprint density at radius 1 is 1.56 bits per heavy atom. The lowest BCUT2D eigenvalue weighted by Crippen LogP contribution is -2.32. The summed E-state index contributed by atoms with van der Waals surface area (Å²) < 4.78 is 27.0. The molecular weight excluding hydrogens is 312 g/mol. The molecule has 0 aliphatic rings. The number of nitrogens with one attached hydrogen (secondary N) is 1. The molecule has 0 aromatic carbocycles. The second kappa shape index (κ2) is 4.84. The molecule has 0 atom stereocenters. The normalized spacial score (nSPS) is 12.4. The summed E-state index contributed by atoms with van der Waals surface area (Å²) in [7, 11) is -3.50. The van der Waals surface area contributed by atoms with Gasteiger partial charge in [0.2, 0.25) is 10.0 Å². The first-order valence-electron chi connectivity index (χ1n) is 4.43. The molecule has 0 amide bonds. The van der Waals surface area contributed by atoms with Crippen molar-refractivity contribution in [3.05, 3.63) is 15.9 Å². The number of sulfonamides is 1. The zero-order valence-corrected chi connectivity index (χ0v) is 12.0. The summed E-state index contributed by atoms with van der Waals surface area (Å²) in [5.74, 6) is 0. The lowest BCUT2D eigenvalue weighted by atomic mass is 9.97. The van der Waals surface area contributed by atoms with Crippen LogP contribution in [0.15, 0.2) is 20.1 Å². The summed E-state index contributed by atoms with van der Waals surface area (Å²) >= 11 is 4.34. The van der Waals surface area contributed by atoms with E-state index in [-0.39, 0.29) is 10.8 Å². The van der Waals surface area contributed by atoms with Crippen molar-refractivity contribution in [1.82, 2.24) is 4.72 Å². The average Bonchev–Trinajstić information content (AvgIpc) is 2.63. The van der Waals surface area contributed by atoms with E-state index in [2.05, 4.69) is 20.7 Å². The van der Waals surface area contributed by atoms with Gasteiger partial charge in [0, 0.05) is 6.54 Å². The minimum Gasteiger partial charge on any atom is -0.209 e. The first kappa shape index (κ1) is 13.6. The van der Waals surface area contributed by atoms with Gasteiger partial charge in [-0.15, -0.1) is 11.3 Å². The van der Waals surface area contributed by atoms with Gasteiger partial charge >= 0.3 is 0 Å². The maximum absolute atomic E-state index is 11.8. The maximum atomic E-state index is 11.8. The van der Waals surface area contributed by atoms with E-state index in [0.29, 0.717) is 0 Å². The lowest BCUT2D eigenvalue weighted by Gasteiger charge is -2.15. The Morgan fingerprint density at radius 2 is 2.19 bits per heavy atom. The third-order valence-corrected chi connectivity index (χ3v) is 5.34. The fourth-order valence-corrected chi connectivity index (χ4v) is 4.09. The van der Waals surface area contributed by atoms with Crippen LogP contribution in [0.3, 0.4) is 0 Å². The Morgan fingerprint density at radius 3 is 2.62 bits per heavy atom. The maximum Gasteiger partial charge on any atom is 0.250 e. The quantitative estimate of drug-likeness (QED) is 0.924. The number of rotatable bonds is 4. The molecule has 0 unspecified atom stereocenters. The number of hydrogen-bond donors (Lipinski definition) is 1. The topological polar surface area (TPSA) is 70.0 Å². The SMILES string of the molecule is CC(C)(C#N)CNS(=O)(=O)c1ccc(Br)s1. The molecule has 88 valence electrons. The van der Waals surface area contributed by atoms with Gasteiger partial charge in [-0.3, -0.25) is 0 Å². The molecule has 0 aliphatic carbocycles. The van der Waals surface area contributed by atoms with E-state index >= 15 is 0 Å². The average molecular weight is 323 g/mol. The first-order valence-corrected chi connectivity index (χ1v) is 7.52. The highest BCUT2D eigenvalue weighted by Crippen LogP contribution is 2.26. The van der Waals surface area contributed by atoms with E-state index in [1.165, 1.54) is 6.07 Å². The van der Waals surface area contributed by atoms with Crippen LogP contribution in [0.2, 0.25) is 0 Å². The van der Waals surface area contributed by atoms with Gasteiger partial charge in [0.1, 0.15) is 4.21 Å². The molecule has 0 bridgehead atoms. The van der Waals surface area contributed by atoms with E-state index in [1.807, 2.05) is 6.07 Å². The molecule has 1 aromatic rings. The monoisotopic (exact) mass is 322 g/mol. The van der Waals surface area contributed by atoms with Crippen LogP contribution in [0.25, 0.3) is 0 Å². The van der Waals surface area contributed by atoms with E-state index in [0.717, 1.165) is 15.1 Å². The summed E-state index contributed by atoms with van der Waals surface area (Å²) in [5, 5.41) is 8.78. The second-order valence-corrected chi connectivity index (χ2v) is 8.34. The number of nitriles is 1. The Kier molecular flexibility index (Phi) is 4.12. The molecule has 1 N–H and O–H groups in total. The number of nitrogens with zero attached hydrogens (tertiary/aromatic N) is 1. The van der Waals surface area contributed by atoms with Crippen molar-refractivity contribution in [2.24, 2.45) is 5.41 Å². The Labute approximate surface area is 107 Å². The van der Waals surface area contributed by atoms with Crippen LogP contribution < -0.4 is 4.72 Å². The smallest absolute Gasteiger partial charge is 0.209 e. The molecule has 1 aromatic heterocycles. The van der Waals surface area contributed by atoms with Crippen molar-refractivity contribution in [3.63, 3.8) is 0 Å². The van der Waals surface area contributed by atoms with Gasteiger partial charge in [0.25, 0.3) is 0 Å². The highest BCUT2D eigenvalue weighted by Gasteiger charge is 2.22. The fraction of sp³-hybridized carbons (Fsp3) is 0.444. The predicted molar refractivity (Wildman–Crippen MR) is 66.6 cm³/mol. The van der Waals surface area contributed by atoms with Crippen molar-refractivity contribution in [1.29, 1.82) is 5.26 Å². The molecule has 1 heterocycles. The van der Waals surface area contributed by atoms with Crippen molar-refractivity contribution in [2.45, 2.75) is 18.1 Å². The minimum absolute atomic E-state index is 0.0986. The molecule has 4 nitrogen and oxygen atoms in total. The van der Waals surface area contributed by atoms with Crippen LogP contribution >= 0.6 is 27.3 Å². The molecule has 0 saturated heterocycles. The van der Waals surface area contributed by atoms with E-state index in [1.54, 1.807) is 19.9 Å². The van der Waals surface area contributed by atoms with Gasteiger partial charge < -0.3 is 0 Å². The fourth-order valence-electron chi connectivity index (χ4n) is 0.828. The molecule has 0 spiro atoms. The Bertz CT molecular complexity index is 514. The summed E-state index contributed by atoms with van der Waals surface area (Å²) in [5.41, 5.74) is -0.707. The zero-order chi connectivity index (χ0) is 12.4. The highest BCUT2D eigenvalue weighted by molar-refractivity contribution is 9.11. The van der Waals surface area contributed by atoms with Crippen LogP contribution in [0.1, 0.15) is 13.8 Å². The zero-order valence-electron chi connectivity index (χ0n) is 8.82. The van der Waals surface area contributed by atoms with Crippen molar-refractivity contribution < 1.29 is 8.42 Å². The summed E-state index contributed by atoms with van der Waals surface area (Å²) in [4.78, 5) is 0. The summed E-state index contributed by atoms with van der Waals surface area (Å²) in [6.45, 7) is 3.46. The summed E-state index contributed by atoms with van der Waals surface area (Å²) in [6.07, 6.45) is 0. The van der Waals surface area contributed by atoms with E-state index in [9.17, 15) is 8.42 Å². The van der Waals surface area contributed by atoms with Crippen molar-refractivity contribution in [2.75, 3.05) is 6.54 Å². The van der Waals surface area contributed by atoms with Crippen LogP contribution in [0.5, 0.6) is 0 Å². The summed E-state index contributed by atoms with van der Waals surface area (Å²) in [6, 6.07) is 5.24. The number of hydrogen-bond acceptors (Lipinski definition) is 4. The molecular formula is C9H11BrN2O2S2. The molecule has 0 saturated carbocycles. The van der Waals surface area contributed by atoms with E-state index < -0.39 is 15.4 Å².